The van der Waals surface area contributed by atoms with Crippen molar-refractivity contribution in [1.82, 2.24) is 5.32 Å². The van der Waals surface area contributed by atoms with Gasteiger partial charge < -0.3 is 5.32 Å². The van der Waals surface area contributed by atoms with Gasteiger partial charge in [-0.2, -0.15) is 0 Å². The SMILES string of the molecule is CCC(Br)CCNC(=O)C(C)c1ccccc1. The van der Waals surface area contributed by atoms with Gasteiger partial charge in [-0.3, -0.25) is 4.79 Å². The summed E-state index contributed by atoms with van der Waals surface area (Å²) in [6, 6.07) is 9.87. The molecule has 94 valence electrons. The van der Waals surface area contributed by atoms with Gasteiger partial charge in [-0.25, -0.2) is 0 Å². The zero-order valence-corrected chi connectivity index (χ0v) is 12.0. The molecule has 2 nitrogen and oxygen atoms in total. The highest BCUT2D eigenvalue weighted by molar-refractivity contribution is 9.09. The van der Waals surface area contributed by atoms with Gasteiger partial charge in [0.25, 0.3) is 0 Å². The van der Waals surface area contributed by atoms with Crippen LogP contribution in [0.25, 0.3) is 0 Å². The maximum Gasteiger partial charge on any atom is 0.227 e. The van der Waals surface area contributed by atoms with Gasteiger partial charge in [0.05, 0.1) is 5.92 Å². The van der Waals surface area contributed by atoms with E-state index in [1.165, 1.54) is 0 Å². The van der Waals surface area contributed by atoms with Crippen LogP contribution in [-0.2, 0) is 4.79 Å². The molecule has 1 aromatic carbocycles. The van der Waals surface area contributed by atoms with E-state index in [-0.39, 0.29) is 11.8 Å². The highest BCUT2D eigenvalue weighted by atomic mass is 79.9. The molecule has 1 aromatic rings. The van der Waals surface area contributed by atoms with E-state index in [9.17, 15) is 4.79 Å². The molecule has 0 radical (unpaired) electrons. The highest BCUT2D eigenvalue weighted by Crippen LogP contribution is 2.14. The number of hydrogen-bond donors (Lipinski definition) is 1. The standard InChI is InChI=1S/C14H20BrNO/c1-3-13(15)9-10-16-14(17)11(2)12-7-5-4-6-8-12/h4-8,11,13H,3,9-10H2,1-2H3,(H,16,17). The summed E-state index contributed by atoms with van der Waals surface area (Å²) in [7, 11) is 0. The number of carbonyl (C=O) groups excluding carboxylic acids is 1. The summed E-state index contributed by atoms with van der Waals surface area (Å²) in [6.45, 7) is 4.81. The molecule has 1 N–H and O–H groups in total. The first-order chi connectivity index (χ1) is 8.15. The van der Waals surface area contributed by atoms with Gasteiger partial charge in [0.15, 0.2) is 0 Å². The molecule has 0 heterocycles. The quantitative estimate of drug-likeness (QED) is 0.801. The molecule has 0 bridgehead atoms. The van der Waals surface area contributed by atoms with Crippen molar-refractivity contribution >= 4 is 21.8 Å². The van der Waals surface area contributed by atoms with Crippen LogP contribution in [0.5, 0.6) is 0 Å². The monoisotopic (exact) mass is 297 g/mol. The molecular weight excluding hydrogens is 278 g/mol. The fourth-order valence-corrected chi connectivity index (χ4v) is 1.83. The minimum absolute atomic E-state index is 0.0772. The number of hydrogen-bond acceptors (Lipinski definition) is 1. The van der Waals surface area contributed by atoms with Crippen LogP contribution in [0.15, 0.2) is 30.3 Å². The third kappa shape index (κ3) is 4.90. The average molecular weight is 298 g/mol. The third-order valence-corrected chi connectivity index (χ3v) is 4.00. The Labute approximate surface area is 112 Å². The number of benzene rings is 1. The summed E-state index contributed by atoms with van der Waals surface area (Å²) in [5, 5.41) is 2.98. The van der Waals surface area contributed by atoms with Crippen molar-refractivity contribution in [3.05, 3.63) is 35.9 Å². The zero-order valence-electron chi connectivity index (χ0n) is 10.4. The Hall–Kier alpha value is -0.830. The first-order valence-corrected chi connectivity index (χ1v) is 7.03. The molecule has 3 heteroatoms. The first kappa shape index (κ1) is 14.2. The molecule has 2 atom stereocenters. The molecule has 0 aliphatic heterocycles. The normalized spacial score (nSPS) is 14.1. The van der Waals surface area contributed by atoms with Gasteiger partial charge >= 0.3 is 0 Å². The van der Waals surface area contributed by atoms with Crippen LogP contribution in [0.4, 0.5) is 0 Å². The summed E-state index contributed by atoms with van der Waals surface area (Å²) >= 11 is 3.56. The number of amides is 1. The van der Waals surface area contributed by atoms with E-state index < -0.39 is 0 Å². The molecular formula is C14H20BrNO. The number of halogens is 1. The first-order valence-electron chi connectivity index (χ1n) is 6.11. The van der Waals surface area contributed by atoms with E-state index in [0.29, 0.717) is 4.83 Å². The second kappa shape index (κ2) is 7.49. The zero-order chi connectivity index (χ0) is 12.7. The summed E-state index contributed by atoms with van der Waals surface area (Å²) in [5.74, 6) is 0.0265. The predicted octanol–water partition coefficient (Wildman–Crippen LogP) is 3.47. The second-order valence-corrected chi connectivity index (χ2v) is 5.51. The topological polar surface area (TPSA) is 29.1 Å². The lowest BCUT2D eigenvalue weighted by atomic mass is 10.0. The fraction of sp³-hybridized carbons (Fsp3) is 0.500. The lowest BCUT2D eigenvalue weighted by Crippen LogP contribution is -2.29. The van der Waals surface area contributed by atoms with E-state index >= 15 is 0 Å². The molecule has 17 heavy (non-hydrogen) atoms. The summed E-state index contributed by atoms with van der Waals surface area (Å²) in [4.78, 5) is 12.4. The molecule has 0 spiro atoms. The van der Waals surface area contributed by atoms with Crippen molar-refractivity contribution in [3.63, 3.8) is 0 Å². The lowest BCUT2D eigenvalue weighted by Gasteiger charge is -2.13. The van der Waals surface area contributed by atoms with Crippen LogP contribution in [0, 0.1) is 0 Å². The average Bonchev–Trinajstić information content (AvgIpc) is 2.38. The Kier molecular flexibility index (Phi) is 6.27. The van der Waals surface area contributed by atoms with Crippen LogP contribution in [0.1, 0.15) is 38.2 Å². The highest BCUT2D eigenvalue weighted by Gasteiger charge is 2.14. The van der Waals surface area contributed by atoms with Gasteiger partial charge in [-0.05, 0) is 25.3 Å². The van der Waals surface area contributed by atoms with Gasteiger partial charge in [0.1, 0.15) is 0 Å². The molecule has 1 rings (SSSR count). The largest absolute Gasteiger partial charge is 0.356 e. The molecule has 0 fully saturated rings. The molecule has 0 aliphatic rings. The summed E-state index contributed by atoms with van der Waals surface area (Å²) < 4.78 is 0. The Balaban J connectivity index is 2.38. The van der Waals surface area contributed by atoms with Crippen molar-refractivity contribution in [2.45, 2.75) is 37.4 Å². The summed E-state index contributed by atoms with van der Waals surface area (Å²) in [5.41, 5.74) is 1.07. The van der Waals surface area contributed by atoms with E-state index in [1.807, 2.05) is 37.3 Å². The number of carbonyl (C=O) groups is 1. The number of nitrogens with one attached hydrogen (secondary N) is 1. The molecule has 0 aliphatic carbocycles. The van der Waals surface area contributed by atoms with Crippen molar-refractivity contribution in [2.24, 2.45) is 0 Å². The summed E-state index contributed by atoms with van der Waals surface area (Å²) in [6.07, 6.45) is 2.06. The number of alkyl halides is 1. The van der Waals surface area contributed by atoms with Gasteiger partial charge in [-0.1, -0.05) is 53.2 Å². The van der Waals surface area contributed by atoms with Gasteiger partial charge in [0.2, 0.25) is 5.91 Å². The Morgan fingerprint density at radius 3 is 2.59 bits per heavy atom. The predicted molar refractivity (Wildman–Crippen MR) is 75.5 cm³/mol. The lowest BCUT2D eigenvalue weighted by molar-refractivity contribution is -0.122. The molecule has 0 saturated heterocycles. The van der Waals surface area contributed by atoms with Gasteiger partial charge in [-0.15, -0.1) is 0 Å². The van der Waals surface area contributed by atoms with Crippen LogP contribution >= 0.6 is 15.9 Å². The van der Waals surface area contributed by atoms with E-state index in [4.69, 9.17) is 0 Å². The fourth-order valence-electron chi connectivity index (χ4n) is 1.60. The van der Waals surface area contributed by atoms with Crippen molar-refractivity contribution in [3.8, 4) is 0 Å². The Morgan fingerprint density at radius 1 is 1.35 bits per heavy atom. The molecule has 0 saturated carbocycles. The van der Waals surface area contributed by atoms with Crippen molar-refractivity contribution < 1.29 is 4.79 Å². The van der Waals surface area contributed by atoms with Crippen LogP contribution in [-0.4, -0.2) is 17.3 Å². The van der Waals surface area contributed by atoms with E-state index in [1.54, 1.807) is 0 Å². The second-order valence-electron chi connectivity index (χ2n) is 4.22. The minimum Gasteiger partial charge on any atom is -0.356 e. The van der Waals surface area contributed by atoms with E-state index in [2.05, 4.69) is 28.2 Å². The van der Waals surface area contributed by atoms with E-state index in [0.717, 1.165) is 24.9 Å². The smallest absolute Gasteiger partial charge is 0.227 e. The van der Waals surface area contributed by atoms with Crippen molar-refractivity contribution in [1.29, 1.82) is 0 Å². The van der Waals surface area contributed by atoms with Crippen LogP contribution in [0.3, 0.4) is 0 Å². The van der Waals surface area contributed by atoms with Crippen LogP contribution < -0.4 is 5.32 Å². The molecule has 1 amide bonds. The minimum atomic E-state index is -0.0772. The maximum atomic E-state index is 11.9. The maximum absolute atomic E-state index is 11.9. The molecule has 2 unspecified atom stereocenters. The molecule has 0 aromatic heterocycles. The van der Waals surface area contributed by atoms with Gasteiger partial charge in [0, 0.05) is 11.4 Å². The Morgan fingerprint density at radius 2 is 2.00 bits per heavy atom. The third-order valence-electron chi connectivity index (χ3n) is 2.89. The Bertz CT molecular complexity index is 339. The van der Waals surface area contributed by atoms with Crippen LogP contribution in [0.2, 0.25) is 0 Å². The number of rotatable bonds is 6. The van der Waals surface area contributed by atoms with Crippen molar-refractivity contribution in [2.75, 3.05) is 6.54 Å².